The molecule has 0 spiro atoms. The van der Waals surface area contributed by atoms with E-state index in [4.69, 9.17) is 9.81 Å². The van der Waals surface area contributed by atoms with E-state index in [9.17, 15) is 4.21 Å². The van der Waals surface area contributed by atoms with Crippen molar-refractivity contribution < 1.29 is 8.76 Å². The van der Waals surface area contributed by atoms with Crippen molar-refractivity contribution in [1.82, 2.24) is 0 Å². The van der Waals surface area contributed by atoms with Crippen molar-refractivity contribution in [2.75, 3.05) is 0 Å². The Morgan fingerprint density at radius 3 is 2.17 bits per heavy atom. The standard InChI is InChI=1S/C7H5NO2S.Na.H/c8-5-6-1-3-7(4-2-6)11(9)10;;/h1-4H,(H,9,10);;. The van der Waals surface area contributed by atoms with Crippen LogP contribution in [0.25, 0.3) is 0 Å². The van der Waals surface area contributed by atoms with E-state index in [0.29, 0.717) is 10.5 Å². The summed E-state index contributed by atoms with van der Waals surface area (Å²) in [4.78, 5) is 0.309. The maximum absolute atomic E-state index is 10.4. The minimum atomic E-state index is -1.95. The molecule has 58 valence electrons. The van der Waals surface area contributed by atoms with Crippen molar-refractivity contribution in [3.8, 4) is 6.07 Å². The molecule has 12 heavy (non-hydrogen) atoms. The van der Waals surface area contributed by atoms with E-state index >= 15 is 0 Å². The normalized spacial score (nSPS) is 11.0. The number of nitrogens with zero attached hydrogens (tertiary/aromatic N) is 1. The van der Waals surface area contributed by atoms with E-state index in [1.165, 1.54) is 24.3 Å². The predicted octanol–water partition coefficient (Wildman–Crippen LogP) is 0.490. The van der Waals surface area contributed by atoms with Gasteiger partial charge in [-0.05, 0) is 24.3 Å². The molecule has 1 rings (SSSR count). The van der Waals surface area contributed by atoms with E-state index < -0.39 is 11.1 Å². The number of hydrogen-bond donors (Lipinski definition) is 1. The first kappa shape index (κ1) is 11.8. The van der Waals surface area contributed by atoms with Crippen molar-refractivity contribution >= 4 is 40.6 Å². The van der Waals surface area contributed by atoms with E-state index in [0.717, 1.165) is 0 Å². The summed E-state index contributed by atoms with van der Waals surface area (Å²) in [5.41, 5.74) is 0.485. The summed E-state index contributed by atoms with van der Waals surface area (Å²) >= 11 is -1.95. The van der Waals surface area contributed by atoms with Gasteiger partial charge >= 0.3 is 29.6 Å². The Bertz CT molecular complexity index is 317. The maximum atomic E-state index is 10.4. The summed E-state index contributed by atoms with van der Waals surface area (Å²) in [6.07, 6.45) is 0. The molecular formula is C7H6NNaO2S. The zero-order chi connectivity index (χ0) is 8.27. The van der Waals surface area contributed by atoms with Crippen LogP contribution in [0.1, 0.15) is 5.56 Å². The van der Waals surface area contributed by atoms with Crippen LogP contribution in [0, 0.1) is 11.3 Å². The molecule has 0 fully saturated rings. The van der Waals surface area contributed by atoms with Gasteiger partial charge in [-0.1, -0.05) is 0 Å². The van der Waals surface area contributed by atoms with Gasteiger partial charge in [0.1, 0.15) is 0 Å². The van der Waals surface area contributed by atoms with Crippen LogP contribution < -0.4 is 0 Å². The molecule has 1 N–H and O–H groups in total. The predicted molar refractivity (Wildman–Crippen MR) is 47.3 cm³/mol. The van der Waals surface area contributed by atoms with Gasteiger partial charge in [0, 0.05) is 0 Å². The second kappa shape index (κ2) is 5.46. The molecular weight excluding hydrogens is 185 g/mol. The van der Waals surface area contributed by atoms with Gasteiger partial charge in [-0.15, -0.1) is 0 Å². The molecule has 0 heterocycles. The molecule has 0 aliphatic rings. The van der Waals surface area contributed by atoms with Crippen LogP contribution >= 0.6 is 0 Å². The monoisotopic (exact) mass is 191 g/mol. The van der Waals surface area contributed by atoms with Crippen molar-refractivity contribution in [2.24, 2.45) is 0 Å². The van der Waals surface area contributed by atoms with Crippen LogP contribution in [0.3, 0.4) is 0 Å². The molecule has 5 heteroatoms. The second-order valence-electron chi connectivity index (χ2n) is 1.89. The van der Waals surface area contributed by atoms with Crippen LogP contribution in [-0.4, -0.2) is 38.3 Å². The molecule has 0 aromatic heterocycles. The van der Waals surface area contributed by atoms with E-state index in [1.54, 1.807) is 0 Å². The second-order valence-corrected chi connectivity index (χ2v) is 2.86. The van der Waals surface area contributed by atoms with Crippen LogP contribution in [0.2, 0.25) is 0 Å². The Labute approximate surface area is 95.0 Å². The van der Waals surface area contributed by atoms with Gasteiger partial charge in [-0.25, -0.2) is 4.21 Å². The molecule has 0 aliphatic carbocycles. The third kappa shape index (κ3) is 3.05. The quantitative estimate of drug-likeness (QED) is 0.519. The van der Waals surface area contributed by atoms with Crippen LogP contribution in [0.15, 0.2) is 29.2 Å². The summed E-state index contributed by atoms with van der Waals surface area (Å²) < 4.78 is 19.0. The topological polar surface area (TPSA) is 61.1 Å². The molecule has 1 unspecified atom stereocenters. The third-order valence-electron chi connectivity index (χ3n) is 1.19. The summed E-state index contributed by atoms with van der Waals surface area (Å²) in [5.74, 6) is 0. The first-order valence-electron chi connectivity index (χ1n) is 2.85. The van der Waals surface area contributed by atoms with E-state index in [-0.39, 0.29) is 29.6 Å². The SMILES string of the molecule is N#Cc1ccc(S(=O)O)cc1.[NaH]. The van der Waals surface area contributed by atoms with Crippen molar-refractivity contribution in [1.29, 1.82) is 5.26 Å². The van der Waals surface area contributed by atoms with Crippen molar-refractivity contribution in [3.05, 3.63) is 29.8 Å². The molecule has 0 saturated carbocycles. The average molecular weight is 191 g/mol. The minimum absolute atomic E-state index is 0. The van der Waals surface area contributed by atoms with Gasteiger partial charge in [0.15, 0.2) is 11.1 Å². The molecule has 1 atom stereocenters. The summed E-state index contributed by atoms with van der Waals surface area (Å²) in [5, 5.41) is 8.38. The number of benzene rings is 1. The fraction of sp³-hybridized carbons (Fsp3) is 0. The van der Waals surface area contributed by atoms with Crippen molar-refractivity contribution in [3.63, 3.8) is 0 Å². The molecule has 0 radical (unpaired) electrons. The van der Waals surface area contributed by atoms with Crippen LogP contribution in [-0.2, 0) is 11.1 Å². The van der Waals surface area contributed by atoms with Gasteiger partial charge in [0.2, 0.25) is 0 Å². The van der Waals surface area contributed by atoms with Gasteiger partial charge in [0.25, 0.3) is 0 Å². The zero-order valence-electron chi connectivity index (χ0n) is 5.52. The molecule has 0 aliphatic heterocycles. The molecule has 1 aromatic carbocycles. The zero-order valence-corrected chi connectivity index (χ0v) is 6.34. The summed E-state index contributed by atoms with van der Waals surface area (Å²) in [6.45, 7) is 0. The molecule has 0 bridgehead atoms. The third-order valence-corrected chi connectivity index (χ3v) is 1.86. The molecule has 1 aromatic rings. The van der Waals surface area contributed by atoms with E-state index in [1.807, 2.05) is 6.07 Å². The Hall–Kier alpha value is -0.180. The fourth-order valence-electron chi connectivity index (χ4n) is 0.646. The Morgan fingerprint density at radius 1 is 1.33 bits per heavy atom. The van der Waals surface area contributed by atoms with Gasteiger partial charge in [-0.2, -0.15) is 5.26 Å². The van der Waals surface area contributed by atoms with Crippen LogP contribution in [0.4, 0.5) is 0 Å². The number of hydrogen-bond acceptors (Lipinski definition) is 2. The van der Waals surface area contributed by atoms with Gasteiger partial charge in [0.05, 0.1) is 16.5 Å². The average Bonchev–Trinajstić information content (AvgIpc) is 2.05. The molecule has 3 nitrogen and oxygen atoms in total. The first-order valence-corrected chi connectivity index (χ1v) is 3.96. The summed E-state index contributed by atoms with van der Waals surface area (Å²) in [7, 11) is 0. The first-order chi connectivity index (χ1) is 5.24. The molecule has 0 saturated heterocycles. The van der Waals surface area contributed by atoms with Crippen LogP contribution in [0.5, 0.6) is 0 Å². The Balaban J connectivity index is 0.00000121. The van der Waals surface area contributed by atoms with E-state index in [2.05, 4.69) is 0 Å². The van der Waals surface area contributed by atoms with Crippen molar-refractivity contribution in [2.45, 2.75) is 4.90 Å². The molecule has 0 amide bonds. The van der Waals surface area contributed by atoms with Gasteiger partial charge in [-0.3, -0.25) is 0 Å². The van der Waals surface area contributed by atoms with Gasteiger partial charge < -0.3 is 4.55 Å². The Morgan fingerprint density at radius 2 is 1.83 bits per heavy atom. The summed E-state index contributed by atoms with van der Waals surface area (Å²) in [6, 6.07) is 7.83. The fourth-order valence-corrected chi connectivity index (χ4v) is 1.01. The number of rotatable bonds is 1. The Kier molecular flexibility index (Phi) is 5.38. The number of nitriles is 1.